The van der Waals surface area contributed by atoms with Gasteiger partial charge in [0, 0.05) is 31.5 Å². The number of aromatic nitrogens is 4. The summed E-state index contributed by atoms with van der Waals surface area (Å²) in [5.41, 5.74) is -0.136. The van der Waals surface area contributed by atoms with Gasteiger partial charge in [-0.3, -0.25) is 4.40 Å². The molecule has 4 heterocycles. The van der Waals surface area contributed by atoms with Crippen LogP contribution in [-0.2, 0) is 20.9 Å². The average molecular weight is 470 g/mol. The van der Waals surface area contributed by atoms with Gasteiger partial charge in [-0.1, -0.05) is 0 Å². The van der Waals surface area contributed by atoms with Gasteiger partial charge in [-0.2, -0.15) is 13.2 Å². The molecule has 4 rings (SSSR count). The van der Waals surface area contributed by atoms with E-state index >= 15 is 0 Å². The molecule has 0 radical (unpaired) electrons. The molecule has 13 heteroatoms. The zero-order valence-electron chi connectivity index (χ0n) is 17.2. The minimum atomic E-state index is -4.49. The Labute approximate surface area is 182 Å². The Morgan fingerprint density at radius 3 is 2.75 bits per heavy atom. The second-order valence-electron chi connectivity index (χ2n) is 7.56. The first-order valence-electron chi connectivity index (χ1n) is 9.73. The van der Waals surface area contributed by atoms with E-state index in [4.69, 9.17) is 4.74 Å². The molecule has 172 valence electrons. The van der Waals surface area contributed by atoms with Crippen molar-refractivity contribution in [2.24, 2.45) is 0 Å². The van der Waals surface area contributed by atoms with E-state index in [0.717, 1.165) is 18.5 Å². The number of hydrogen-bond donors (Lipinski definition) is 1. The summed E-state index contributed by atoms with van der Waals surface area (Å²) in [6, 6.07) is 3.50. The highest BCUT2D eigenvalue weighted by Crippen LogP contribution is 2.30. The third-order valence-corrected chi connectivity index (χ3v) is 5.88. The number of hydrogen-bond acceptors (Lipinski definition) is 7. The van der Waals surface area contributed by atoms with Crippen LogP contribution in [0.3, 0.4) is 0 Å². The summed E-state index contributed by atoms with van der Waals surface area (Å²) in [6.45, 7) is 2.98. The van der Waals surface area contributed by atoms with Crippen LogP contribution in [0.1, 0.15) is 12.5 Å². The van der Waals surface area contributed by atoms with Crippen LogP contribution in [0.2, 0.25) is 0 Å². The van der Waals surface area contributed by atoms with Gasteiger partial charge in [-0.15, -0.1) is 0 Å². The van der Waals surface area contributed by atoms with Crippen molar-refractivity contribution in [3.05, 3.63) is 42.4 Å². The van der Waals surface area contributed by atoms with Crippen molar-refractivity contribution in [2.75, 3.05) is 30.9 Å². The predicted octanol–water partition coefficient (Wildman–Crippen LogP) is 1.95. The minimum Gasteiger partial charge on any atom is -0.373 e. The quantitative estimate of drug-likeness (QED) is 0.608. The van der Waals surface area contributed by atoms with Crippen molar-refractivity contribution in [3.8, 4) is 11.5 Å². The Hall–Kier alpha value is -2.77. The molecular formula is C19H21F3N6O3S. The number of imidazole rings is 1. The van der Waals surface area contributed by atoms with E-state index in [1.165, 1.54) is 22.9 Å². The highest BCUT2D eigenvalue weighted by molar-refractivity contribution is 7.88. The lowest BCUT2D eigenvalue weighted by Gasteiger charge is -2.36. The molecule has 1 aliphatic rings. The molecule has 1 fully saturated rings. The zero-order valence-corrected chi connectivity index (χ0v) is 18.1. The van der Waals surface area contributed by atoms with E-state index in [2.05, 4.69) is 19.7 Å². The Kier molecular flexibility index (Phi) is 5.81. The van der Waals surface area contributed by atoms with Gasteiger partial charge in [0.15, 0.2) is 5.82 Å². The zero-order chi connectivity index (χ0) is 23.1. The van der Waals surface area contributed by atoms with Crippen LogP contribution in [0.15, 0.2) is 36.8 Å². The SMILES string of the molecule is CC(NS(C)(=O)=O)[C@@H]1CN(c2ccnc(-c3cnc4ccc(C(F)(F)F)cn34)n2)CCO1. The van der Waals surface area contributed by atoms with Gasteiger partial charge >= 0.3 is 6.18 Å². The Morgan fingerprint density at radius 1 is 1.25 bits per heavy atom. The van der Waals surface area contributed by atoms with Gasteiger partial charge in [0.05, 0.1) is 30.7 Å². The molecule has 0 amide bonds. The molecule has 1 saturated heterocycles. The van der Waals surface area contributed by atoms with Gasteiger partial charge in [-0.05, 0) is 25.1 Å². The van der Waals surface area contributed by atoms with E-state index in [9.17, 15) is 21.6 Å². The van der Waals surface area contributed by atoms with Crippen LogP contribution in [0.4, 0.5) is 19.0 Å². The van der Waals surface area contributed by atoms with Crippen molar-refractivity contribution in [3.63, 3.8) is 0 Å². The van der Waals surface area contributed by atoms with Crippen molar-refractivity contribution in [1.82, 2.24) is 24.1 Å². The van der Waals surface area contributed by atoms with Crippen LogP contribution >= 0.6 is 0 Å². The number of fused-ring (bicyclic) bond motifs is 1. The number of pyridine rings is 1. The van der Waals surface area contributed by atoms with E-state index in [0.29, 0.717) is 36.9 Å². The number of alkyl halides is 3. The van der Waals surface area contributed by atoms with Gasteiger partial charge < -0.3 is 9.64 Å². The first-order valence-corrected chi connectivity index (χ1v) is 11.6. The Balaban J connectivity index is 1.62. The molecule has 3 aromatic rings. The number of sulfonamides is 1. The highest BCUT2D eigenvalue weighted by atomic mass is 32.2. The maximum atomic E-state index is 13.1. The van der Waals surface area contributed by atoms with Crippen molar-refractivity contribution < 1.29 is 26.3 Å². The van der Waals surface area contributed by atoms with Crippen LogP contribution in [0.5, 0.6) is 0 Å². The maximum absolute atomic E-state index is 13.1. The largest absolute Gasteiger partial charge is 0.417 e. The second-order valence-corrected chi connectivity index (χ2v) is 9.34. The molecular weight excluding hydrogens is 449 g/mol. The van der Waals surface area contributed by atoms with E-state index in [-0.39, 0.29) is 5.82 Å². The van der Waals surface area contributed by atoms with E-state index in [1.54, 1.807) is 13.0 Å². The molecule has 2 atom stereocenters. The topological polar surface area (TPSA) is 102 Å². The van der Waals surface area contributed by atoms with Gasteiger partial charge in [-0.25, -0.2) is 28.1 Å². The Bertz CT molecular complexity index is 1230. The minimum absolute atomic E-state index is 0.222. The van der Waals surface area contributed by atoms with Crippen molar-refractivity contribution in [2.45, 2.75) is 25.2 Å². The lowest BCUT2D eigenvalue weighted by Crippen LogP contribution is -2.52. The highest BCUT2D eigenvalue weighted by Gasteiger charge is 2.31. The fraction of sp³-hybridized carbons (Fsp3) is 0.421. The summed E-state index contributed by atoms with van der Waals surface area (Å²) in [7, 11) is -3.39. The van der Waals surface area contributed by atoms with Gasteiger partial charge in [0.2, 0.25) is 10.0 Å². The fourth-order valence-corrected chi connectivity index (χ4v) is 4.39. The number of nitrogens with one attached hydrogen (secondary N) is 1. The predicted molar refractivity (Wildman–Crippen MR) is 111 cm³/mol. The summed E-state index contributed by atoms with van der Waals surface area (Å²) < 4.78 is 72.0. The molecule has 0 aromatic carbocycles. The van der Waals surface area contributed by atoms with Crippen molar-refractivity contribution in [1.29, 1.82) is 0 Å². The standard InChI is InChI=1S/C19H21F3N6O3S/c1-12(26-32(2,29)30)15-11-27(7-8-31-15)17-5-6-23-18(25-17)14-9-24-16-4-3-13(10-28(14)16)19(20,21)22/h3-6,9-10,12,15,26H,7-8,11H2,1-2H3/t12?,15-/m0/s1. The molecule has 1 unspecified atom stereocenters. The van der Waals surface area contributed by atoms with Crippen LogP contribution < -0.4 is 9.62 Å². The molecule has 0 aliphatic carbocycles. The fourth-order valence-electron chi connectivity index (χ4n) is 3.56. The summed E-state index contributed by atoms with van der Waals surface area (Å²) in [5.74, 6) is 0.774. The number of rotatable bonds is 5. The number of nitrogens with zero attached hydrogens (tertiary/aromatic N) is 5. The number of anilines is 1. The number of halogens is 3. The van der Waals surface area contributed by atoms with Crippen LogP contribution in [0, 0.1) is 0 Å². The third kappa shape index (κ3) is 4.84. The van der Waals surface area contributed by atoms with Gasteiger partial charge in [0.1, 0.15) is 17.2 Å². The lowest BCUT2D eigenvalue weighted by atomic mass is 10.1. The van der Waals surface area contributed by atoms with Crippen LogP contribution in [-0.4, -0.2) is 65.9 Å². The smallest absolute Gasteiger partial charge is 0.373 e. The van der Waals surface area contributed by atoms with Crippen LogP contribution in [0.25, 0.3) is 17.2 Å². The molecule has 0 bridgehead atoms. The van der Waals surface area contributed by atoms with Crippen molar-refractivity contribution >= 4 is 21.5 Å². The van der Waals surface area contributed by atoms with E-state index in [1.807, 2.05) is 4.90 Å². The first kappa shape index (κ1) is 22.4. The summed E-state index contributed by atoms with van der Waals surface area (Å²) in [6.07, 6.45) is 0.111. The summed E-state index contributed by atoms with van der Waals surface area (Å²) in [4.78, 5) is 14.8. The molecule has 32 heavy (non-hydrogen) atoms. The summed E-state index contributed by atoms with van der Waals surface area (Å²) >= 11 is 0. The molecule has 0 saturated carbocycles. The molecule has 0 spiro atoms. The third-order valence-electron chi connectivity index (χ3n) is 5.08. The second kappa shape index (κ2) is 8.30. The number of ether oxygens (including phenoxy) is 1. The van der Waals surface area contributed by atoms with Gasteiger partial charge in [0.25, 0.3) is 0 Å². The first-order chi connectivity index (χ1) is 15.0. The molecule has 3 aromatic heterocycles. The summed E-state index contributed by atoms with van der Waals surface area (Å²) in [5, 5.41) is 0. The number of morpholine rings is 1. The monoisotopic (exact) mass is 470 g/mol. The lowest BCUT2D eigenvalue weighted by molar-refractivity contribution is -0.137. The maximum Gasteiger partial charge on any atom is 0.417 e. The van der Waals surface area contributed by atoms with E-state index < -0.39 is 33.9 Å². The Morgan fingerprint density at radius 2 is 2.03 bits per heavy atom. The molecule has 1 aliphatic heterocycles. The molecule has 9 nitrogen and oxygen atoms in total. The molecule has 1 N–H and O–H groups in total. The normalized spacial score (nSPS) is 18.8. The average Bonchev–Trinajstić information content (AvgIpc) is 3.15.